The Bertz CT molecular complexity index is 413. The van der Waals surface area contributed by atoms with E-state index in [1.165, 1.54) is 12.3 Å². The monoisotopic (exact) mass is 256 g/mol. The first-order valence-electron chi connectivity index (χ1n) is 6.03. The van der Waals surface area contributed by atoms with Crippen LogP contribution in [0.2, 0.25) is 0 Å². The third-order valence-corrected chi connectivity index (χ3v) is 3.40. The molecule has 0 amide bonds. The lowest BCUT2D eigenvalue weighted by Gasteiger charge is -2.20. The predicted octanol–water partition coefficient (Wildman–Crippen LogP) is 2.41. The zero-order chi connectivity index (χ0) is 12.5. The summed E-state index contributed by atoms with van der Waals surface area (Å²) in [6, 6.07) is 3.40. The highest BCUT2D eigenvalue weighted by atomic mass is 19.3. The van der Waals surface area contributed by atoms with Crippen LogP contribution in [0.4, 0.5) is 14.6 Å². The van der Waals surface area contributed by atoms with Crippen LogP contribution in [-0.4, -0.2) is 29.8 Å². The van der Waals surface area contributed by atoms with Crippen molar-refractivity contribution in [3.63, 3.8) is 0 Å². The normalized spacial score (nSPS) is 29.8. The summed E-state index contributed by atoms with van der Waals surface area (Å²) >= 11 is 0. The van der Waals surface area contributed by atoms with Crippen molar-refractivity contribution in [2.45, 2.75) is 44.1 Å². The molecule has 0 aliphatic carbocycles. The van der Waals surface area contributed by atoms with Crippen molar-refractivity contribution in [3.8, 4) is 5.75 Å². The number of hydrogen-bond donors (Lipinski definition) is 1. The van der Waals surface area contributed by atoms with E-state index in [4.69, 9.17) is 4.74 Å². The number of anilines is 1. The SMILES string of the molecule is FC(F)Oc1ccc(N[C@@H]2C[C@H]3CC[C@H]2O3)nc1. The van der Waals surface area contributed by atoms with E-state index in [0.29, 0.717) is 11.9 Å². The van der Waals surface area contributed by atoms with Gasteiger partial charge in [0.25, 0.3) is 0 Å². The molecule has 0 spiro atoms. The van der Waals surface area contributed by atoms with Crippen molar-refractivity contribution in [3.05, 3.63) is 18.3 Å². The molecule has 0 unspecified atom stereocenters. The molecule has 2 saturated heterocycles. The third-order valence-electron chi connectivity index (χ3n) is 3.40. The fraction of sp³-hybridized carbons (Fsp3) is 0.583. The highest BCUT2D eigenvalue weighted by molar-refractivity contribution is 5.39. The zero-order valence-corrected chi connectivity index (χ0v) is 9.68. The minimum absolute atomic E-state index is 0.0692. The predicted molar refractivity (Wildman–Crippen MR) is 60.8 cm³/mol. The second-order valence-electron chi connectivity index (χ2n) is 4.62. The Balaban J connectivity index is 1.60. The molecule has 0 aromatic carbocycles. The Morgan fingerprint density at radius 1 is 1.39 bits per heavy atom. The average molecular weight is 256 g/mol. The van der Waals surface area contributed by atoms with Crippen molar-refractivity contribution < 1.29 is 18.3 Å². The van der Waals surface area contributed by atoms with Gasteiger partial charge in [0.15, 0.2) is 0 Å². The highest BCUT2D eigenvalue weighted by Gasteiger charge is 2.40. The number of nitrogens with one attached hydrogen (secondary N) is 1. The van der Waals surface area contributed by atoms with Gasteiger partial charge in [-0.15, -0.1) is 0 Å². The van der Waals surface area contributed by atoms with Crippen LogP contribution in [-0.2, 0) is 4.74 Å². The number of rotatable bonds is 4. The summed E-state index contributed by atoms with van der Waals surface area (Å²) < 4.78 is 33.9. The maximum atomic E-state index is 12.0. The van der Waals surface area contributed by atoms with Gasteiger partial charge in [0.05, 0.1) is 24.4 Å². The Hall–Kier alpha value is -1.43. The van der Waals surface area contributed by atoms with E-state index in [1.54, 1.807) is 6.07 Å². The van der Waals surface area contributed by atoms with Gasteiger partial charge in [0, 0.05) is 0 Å². The molecule has 0 saturated carbocycles. The van der Waals surface area contributed by atoms with Crippen molar-refractivity contribution in [2.75, 3.05) is 5.32 Å². The van der Waals surface area contributed by atoms with Crippen molar-refractivity contribution in [2.24, 2.45) is 0 Å². The molecule has 2 fully saturated rings. The molecular formula is C12H14F2N2O2. The first-order chi connectivity index (χ1) is 8.70. The molecular weight excluding hydrogens is 242 g/mol. The molecule has 1 aromatic rings. The summed E-state index contributed by atoms with van der Waals surface area (Å²) in [4.78, 5) is 4.05. The van der Waals surface area contributed by atoms with Crippen molar-refractivity contribution >= 4 is 5.82 Å². The number of halogens is 2. The minimum Gasteiger partial charge on any atom is -0.433 e. The Morgan fingerprint density at radius 3 is 2.83 bits per heavy atom. The topological polar surface area (TPSA) is 43.4 Å². The maximum Gasteiger partial charge on any atom is 0.387 e. The lowest BCUT2D eigenvalue weighted by atomic mass is 9.95. The van der Waals surface area contributed by atoms with Gasteiger partial charge in [0.2, 0.25) is 0 Å². The van der Waals surface area contributed by atoms with Gasteiger partial charge in [-0.3, -0.25) is 0 Å². The van der Waals surface area contributed by atoms with Crippen LogP contribution in [0.3, 0.4) is 0 Å². The number of alkyl halides is 2. The zero-order valence-electron chi connectivity index (χ0n) is 9.68. The minimum atomic E-state index is -2.82. The Kier molecular flexibility index (Phi) is 3.03. The first kappa shape index (κ1) is 11.6. The molecule has 3 heterocycles. The molecule has 3 rings (SSSR count). The molecule has 6 heteroatoms. The summed E-state index contributed by atoms with van der Waals surface area (Å²) in [6.07, 6.45) is 5.12. The quantitative estimate of drug-likeness (QED) is 0.898. The van der Waals surface area contributed by atoms with Gasteiger partial charge < -0.3 is 14.8 Å². The van der Waals surface area contributed by atoms with E-state index < -0.39 is 6.61 Å². The van der Waals surface area contributed by atoms with Crippen molar-refractivity contribution in [1.82, 2.24) is 4.98 Å². The molecule has 4 nitrogen and oxygen atoms in total. The van der Waals surface area contributed by atoms with Crippen LogP contribution in [0.25, 0.3) is 0 Å². The van der Waals surface area contributed by atoms with Gasteiger partial charge in [0.1, 0.15) is 11.6 Å². The fourth-order valence-corrected chi connectivity index (χ4v) is 2.62. The number of pyridine rings is 1. The average Bonchev–Trinajstić information content (AvgIpc) is 2.93. The number of nitrogens with zero attached hydrogens (tertiary/aromatic N) is 1. The molecule has 1 N–H and O–H groups in total. The molecule has 3 atom stereocenters. The maximum absolute atomic E-state index is 12.0. The van der Waals surface area contributed by atoms with Gasteiger partial charge in [-0.1, -0.05) is 0 Å². The number of fused-ring (bicyclic) bond motifs is 2. The molecule has 98 valence electrons. The third kappa shape index (κ3) is 2.38. The van der Waals surface area contributed by atoms with Crippen LogP contribution in [0.1, 0.15) is 19.3 Å². The molecule has 18 heavy (non-hydrogen) atoms. The van der Waals surface area contributed by atoms with Crippen LogP contribution < -0.4 is 10.1 Å². The summed E-state index contributed by atoms with van der Waals surface area (Å²) in [5.41, 5.74) is 0. The summed E-state index contributed by atoms with van der Waals surface area (Å²) in [5, 5.41) is 3.27. The second kappa shape index (κ2) is 4.68. The smallest absolute Gasteiger partial charge is 0.387 e. The molecule has 2 aliphatic heterocycles. The van der Waals surface area contributed by atoms with Crippen LogP contribution in [0, 0.1) is 0 Å². The number of hydrogen-bond acceptors (Lipinski definition) is 4. The standard InChI is InChI=1S/C12H14F2N2O2/c13-12(14)18-8-2-4-11(15-6-8)16-9-5-7-1-3-10(9)17-7/h2,4,6-7,9-10,12H,1,3,5H2,(H,15,16)/t7-,9-,10-/m1/s1. The van der Waals surface area contributed by atoms with E-state index in [-0.39, 0.29) is 17.9 Å². The summed E-state index contributed by atoms with van der Waals surface area (Å²) in [6.45, 7) is -2.82. The molecule has 1 aromatic heterocycles. The summed E-state index contributed by atoms with van der Waals surface area (Å²) in [7, 11) is 0. The number of ether oxygens (including phenoxy) is 2. The largest absolute Gasteiger partial charge is 0.433 e. The van der Waals surface area contributed by atoms with Crippen LogP contribution in [0.5, 0.6) is 5.75 Å². The lowest BCUT2D eigenvalue weighted by molar-refractivity contribution is -0.0500. The van der Waals surface area contributed by atoms with Gasteiger partial charge in [-0.05, 0) is 31.4 Å². The molecule has 0 radical (unpaired) electrons. The van der Waals surface area contributed by atoms with E-state index in [1.807, 2.05) is 0 Å². The Labute approximate surface area is 103 Å². The Morgan fingerprint density at radius 2 is 2.28 bits per heavy atom. The molecule has 2 bridgehead atoms. The van der Waals surface area contributed by atoms with Crippen molar-refractivity contribution in [1.29, 1.82) is 0 Å². The van der Waals surface area contributed by atoms with Gasteiger partial charge in [-0.2, -0.15) is 8.78 Å². The van der Waals surface area contributed by atoms with E-state index >= 15 is 0 Å². The van der Waals surface area contributed by atoms with Crippen LogP contribution in [0.15, 0.2) is 18.3 Å². The fourth-order valence-electron chi connectivity index (χ4n) is 2.62. The van der Waals surface area contributed by atoms with E-state index in [9.17, 15) is 8.78 Å². The number of aromatic nitrogens is 1. The lowest BCUT2D eigenvalue weighted by Crippen LogP contribution is -2.30. The van der Waals surface area contributed by atoms with Crippen LogP contribution >= 0.6 is 0 Å². The molecule has 2 aliphatic rings. The van der Waals surface area contributed by atoms with Gasteiger partial charge >= 0.3 is 6.61 Å². The summed E-state index contributed by atoms with van der Waals surface area (Å²) in [5.74, 6) is 0.734. The first-order valence-corrected chi connectivity index (χ1v) is 6.03. The van der Waals surface area contributed by atoms with Gasteiger partial charge in [-0.25, -0.2) is 4.98 Å². The van der Waals surface area contributed by atoms with E-state index in [0.717, 1.165) is 19.3 Å². The van der Waals surface area contributed by atoms with E-state index in [2.05, 4.69) is 15.0 Å². The highest BCUT2D eigenvalue weighted by Crippen LogP contribution is 2.35. The second-order valence-corrected chi connectivity index (χ2v) is 4.62.